The number of ether oxygens (including phenoxy) is 2. The normalized spacial score (nSPS) is 15.0. The average molecular weight is 296 g/mol. The molecule has 0 saturated carbocycles. The lowest BCUT2D eigenvalue weighted by atomic mass is 10.1. The molecule has 4 heteroatoms. The van der Waals surface area contributed by atoms with Crippen LogP contribution in [0.1, 0.15) is 21.5 Å². The smallest absolute Gasteiger partial charge is 0.189 e. The minimum Gasteiger partial charge on any atom is -0.508 e. The molecular formula is C18H16O4. The van der Waals surface area contributed by atoms with Gasteiger partial charge in [0.15, 0.2) is 17.3 Å². The van der Waals surface area contributed by atoms with Crippen molar-refractivity contribution < 1.29 is 19.4 Å². The summed E-state index contributed by atoms with van der Waals surface area (Å²) in [6.07, 6.45) is 2.37. The zero-order chi connectivity index (χ0) is 15.7. The second-order valence-electron chi connectivity index (χ2n) is 5.10. The number of methoxy groups -OCH3 is 2. The third kappa shape index (κ3) is 2.33. The van der Waals surface area contributed by atoms with Gasteiger partial charge < -0.3 is 14.6 Å². The molecule has 4 nitrogen and oxygen atoms in total. The number of phenolic OH excluding ortho intramolecular Hbond substituents is 1. The SMILES string of the molecule is COc1cccc(/C=C2\Cc3ccc(O)cc3C2=O)c1OC. The Hall–Kier alpha value is -2.75. The molecule has 0 unspecified atom stereocenters. The third-order valence-electron chi connectivity index (χ3n) is 3.77. The van der Waals surface area contributed by atoms with Gasteiger partial charge in [-0.1, -0.05) is 18.2 Å². The van der Waals surface area contributed by atoms with E-state index in [0.29, 0.717) is 29.1 Å². The van der Waals surface area contributed by atoms with Crippen LogP contribution in [0.4, 0.5) is 0 Å². The number of ketones is 1. The Labute approximate surface area is 128 Å². The molecule has 0 fully saturated rings. The highest BCUT2D eigenvalue weighted by atomic mass is 16.5. The summed E-state index contributed by atoms with van der Waals surface area (Å²) in [4.78, 5) is 12.5. The van der Waals surface area contributed by atoms with E-state index in [4.69, 9.17) is 9.47 Å². The Bertz CT molecular complexity index is 775. The fraction of sp³-hybridized carbons (Fsp3) is 0.167. The number of hydrogen-bond donors (Lipinski definition) is 1. The van der Waals surface area contributed by atoms with E-state index in [1.165, 1.54) is 6.07 Å². The van der Waals surface area contributed by atoms with Gasteiger partial charge >= 0.3 is 0 Å². The first-order chi connectivity index (χ1) is 10.6. The zero-order valence-electron chi connectivity index (χ0n) is 12.4. The summed E-state index contributed by atoms with van der Waals surface area (Å²) in [6.45, 7) is 0. The molecule has 0 heterocycles. The molecule has 1 N–H and O–H groups in total. The molecule has 0 aromatic heterocycles. The number of carbonyl (C=O) groups excluding carboxylic acids is 1. The minimum absolute atomic E-state index is 0.0595. The van der Waals surface area contributed by atoms with Crippen molar-refractivity contribution in [2.24, 2.45) is 0 Å². The second-order valence-corrected chi connectivity index (χ2v) is 5.10. The van der Waals surface area contributed by atoms with E-state index >= 15 is 0 Å². The number of phenols is 1. The molecule has 0 spiro atoms. The van der Waals surface area contributed by atoms with E-state index in [-0.39, 0.29) is 11.5 Å². The molecule has 1 aliphatic carbocycles. The molecule has 1 aliphatic rings. The van der Waals surface area contributed by atoms with Gasteiger partial charge in [0.1, 0.15) is 5.75 Å². The molecule has 0 atom stereocenters. The first kappa shape index (κ1) is 14.2. The maximum atomic E-state index is 12.5. The van der Waals surface area contributed by atoms with Gasteiger partial charge in [0.25, 0.3) is 0 Å². The Morgan fingerprint density at radius 2 is 1.95 bits per heavy atom. The van der Waals surface area contributed by atoms with Crippen LogP contribution >= 0.6 is 0 Å². The molecule has 112 valence electrons. The number of fused-ring (bicyclic) bond motifs is 1. The quantitative estimate of drug-likeness (QED) is 0.884. The number of hydrogen-bond acceptors (Lipinski definition) is 4. The van der Waals surface area contributed by atoms with Crippen LogP contribution in [0.2, 0.25) is 0 Å². The van der Waals surface area contributed by atoms with Crippen LogP contribution in [0.5, 0.6) is 17.2 Å². The van der Waals surface area contributed by atoms with Gasteiger partial charge in [-0.25, -0.2) is 0 Å². The Kier molecular flexibility index (Phi) is 3.59. The Morgan fingerprint density at radius 3 is 2.68 bits per heavy atom. The second kappa shape index (κ2) is 5.56. The molecule has 2 aromatic rings. The topological polar surface area (TPSA) is 55.8 Å². The van der Waals surface area contributed by atoms with Crippen molar-refractivity contribution in [2.45, 2.75) is 6.42 Å². The van der Waals surface area contributed by atoms with Gasteiger partial charge in [0, 0.05) is 23.1 Å². The summed E-state index contributed by atoms with van der Waals surface area (Å²) in [5.41, 5.74) is 2.96. The Balaban J connectivity index is 2.03. The largest absolute Gasteiger partial charge is 0.508 e. The lowest BCUT2D eigenvalue weighted by molar-refractivity contribution is 0.104. The summed E-state index contributed by atoms with van der Waals surface area (Å²) in [5, 5.41) is 9.53. The molecule has 0 bridgehead atoms. The van der Waals surface area contributed by atoms with E-state index in [0.717, 1.165) is 11.1 Å². The number of Topliss-reactive ketones (excluding diaryl/α,β-unsaturated/α-hetero) is 1. The highest BCUT2D eigenvalue weighted by Gasteiger charge is 2.25. The van der Waals surface area contributed by atoms with Crippen molar-refractivity contribution in [1.29, 1.82) is 0 Å². The molecule has 22 heavy (non-hydrogen) atoms. The van der Waals surface area contributed by atoms with Crippen molar-refractivity contribution in [3.8, 4) is 17.2 Å². The Morgan fingerprint density at radius 1 is 1.14 bits per heavy atom. The van der Waals surface area contributed by atoms with Gasteiger partial charge in [0.2, 0.25) is 0 Å². The van der Waals surface area contributed by atoms with Gasteiger partial charge in [-0.2, -0.15) is 0 Å². The van der Waals surface area contributed by atoms with Crippen molar-refractivity contribution >= 4 is 11.9 Å². The maximum Gasteiger partial charge on any atom is 0.189 e. The number of aromatic hydroxyl groups is 1. The first-order valence-electron chi connectivity index (χ1n) is 6.92. The van der Waals surface area contributed by atoms with Crippen LogP contribution in [0, 0.1) is 0 Å². The molecule has 0 saturated heterocycles. The maximum absolute atomic E-state index is 12.5. The van der Waals surface area contributed by atoms with Gasteiger partial charge in [-0.05, 0) is 29.8 Å². The predicted molar refractivity (Wildman–Crippen MR) is 83.7 cm³/mol. The summed E-state index contributed by atoms with van der Waals surface area (Å²) in [5.74, 6) is 1.27. The molecule has 0 amide bonds. The van der Waals surface area contributed by atoms with E-state index < -0.39 is 0 Å². The number of para-hydroxylation sites is 1. The fourth-order valence-electron chi connectivity index (χ4n) is 2.72. The number of carbonyl (C=O) groups is 1. The van der Waals surface area contributed by atoms with E-state index in [1.54, 1.807) is 26.4 Å². The summed E-state index contributed by atoms with van der Waals surface area (Å²) in [6, 6.07) is 10.4. The number of allylic oxidation sites excluding steroid dienone is 1. The average Bonchev–Trinajstić information content (AvgIpc) is 2.83. The van der Waals surface area contributed by atoms with Crippen LogP contribution in [0.3, 0.4) is 0 Å². The molecule has 0 aliphatic heterocycles. The minimum atomic E-state index is -0.0595. The monoisotopic (exact) mass is 296 g/mol. The highest BCUT2D eigenvalue weighted by molar-refractivity contribution is 6.15. The van der Waals surface area contributed by atoms with Gasteiger partial charge in [-0.3, -0.25) is 4.79 Å². The van der Waals surface area contributed by atoms with E-state index in [1.807, 2.05) is 24.3 Å². The van der Waals surface area contributed by atoms with Gasteiger partial charge in [0.05, 0.1) is 14.2 Å². The van der Waals surface area contributed by atoms with Crippen molar-refractivity contribution in [3.63, 3.8) is 0 Å². The summed E-state index contributed by atoms with van der Waals surface area (Å²) in [7, 11) is 3.15. The molecule has 2 aromatic carbocycles. The predicted octanol–water partition coefficient (Wildman–Crippen LogP) is 3.23. The summed E-state index contributed by atoms with van der Waals surface area (Å²) < 4.78 is 10.7. The summed E-state index contributed by atoms with van der Waals surface area (Å²) >= 11 is 0. The standard InChI is InChI=1S/C18H16O4/c1-21-16-5-3-4-12(18(16)22-2)9-13-8-11-6-7-14(19)10-15(11)17(13)20/h3-7,9-10,19H,8H2,1-2H3/b13-9+. The van der Waals surface area contributed by atoms with Crippen LogP contribution in [-0.4, -0.2) is 25.1 Å². The molecule has 3 rings (SSSR count). The zero-order valence-corrected chi connectivity index (χ0v) is 12.4. The van der Waals surface area contributed by atoms with Crippen molar-refractivity contribution in [2.75, 3.05) is 14.2 Å². The van der Waals surface area contributed by atoms with Crippen molar-refractivity contribution in [1.82, 2.24) is 0 Å². The first-order valence-corrected chi connectivity index (χ1v) is 6.92. The van der Waals surface area contributed by atoms with E-state index in [9.17, 15) is 9.90 Å². The van der Waals surface area contributed by atoms with Crippen LogP contribution < -0.4 is 9.47 Å². The van der Waals surface area contributed by atoms with Crippen molar-refractivity contribution in [3.05, 3.63) is 58.7 Å². The molecular weight excluding hydrogens is 280 g/mol. The number of benzene rings is 2. The fourth-order valence-corrected chi connectivity index (χ4v) is 2.72. The lowest BCUT2D eigenvalue weighted by Gasteiger charge is -2.10. The highest BCUT2D eigenvalue weighted by Crippen LogP contribution is 2.35. The lowest BCUT2D eigenvalue weighted by Crippen LogP contribution is -1.97. The molecule has 0 radical (unpaired) electrons. The van der Waals surface area contributed by atoms with Gasteiger partial charge in [-0.15, -0.1) is 0 Å². The number of rotatable bonds is 3. The van der Waals surface area contributed by atoms with Crippen LogP contribution in [-0.2, 0) is 6.42 Å². The van der Waals surface area contributed by atoms with E-state index in [2.05, 4.69) is 0 Å². The van der Waals surface area contributed by atoms with Crippen LogP contribution in [0.15, 0.2) is 42.0 Å². The van der Waals surface area contributed by atoms with Crippen LogP contribution in [0.25, 0.3) is 6.08 Å². The third-order valence-corrected chi connectivity index (χ3v) is 3.77.